The van der Waals surface area contributed by atoms with Crippen molar-refractivity contribution in [3.05, 3.63) is 29.8 Å². The van der Waals surface area contributed by atoms with Gasteiger partial charge in [0.05, 0.1) is 6.61 Å². The smallest absolute Gasteiger partial charge is 0.0599 e. The van der Waals surface area contributed by atoms with Gasteiger partial charge in [0.1, 0.15) is 0 Å². The molecule has 14 heavy (non-hydrogen) atoms. The lowest BCUT2D eigenvalue weighted by Gasteiger charge is -2.11. The number of nitrogens with two attached hydrogens (primary N) is 1. The first kappa shape index (κ1) is 11.0. The van der Waals surface area contributed by atoms with E-state index < -0.39 is 0 Å². The fraction of sp³-hybridized carbons (Fsp3) is 0.455. The van der Waals surface area contributed by atoms with Gasteiger partial charge in [0.15, 0.2) is 0 Å². The number of anilines is 1. The molecule has 0 heterocycles. The lowest BCUT2D eigenvalue weighted by Crippen LogP contribution is -2.32. The number of rotatable bonds is 5. The maximum absolute atomic E-state index is 8.73. The minimum atomic E-state index is -0.194. The average molecular weight is 194 g/mol. The predicted molar refractivity (Wildman–Crippen MR) is 59.4 cm³/mol. The van der Waals surface area contributed by atoms with Crippen LogP contribution in [0.25, 0.3) is 0 Å². The molecule has 0 fully saturated rings. The van der Waals surface area contributed by atoms with Gasteiger partial charge in [0.25, 0.3) is 0 Å². The average Bonchev–Trinajstić information content (AvgIpc) is 2.26. The first-order valence-electron chi connectivity index (χ1n) is 4.95. The summed E-state index contributed by atoms with van der Waals surface area (Å²) in [5.74, 6) is 0. The Labute approximate surface area is 84.9 Å². The quantitative estimate of drug-likeness (QED) is 0.655. The van der Waals surface area contributed by atoms with Crippen LogP contribution in [0.15, 0.2) is 24.3 Å². The van der Waals surface area contributed by atoms with Crippen molar-refractivity contribution in [2.45, 2.75) is 19.4 Å². The molecule has 4 N–H and O–H groups in total. The van der Waals surface area contributed by atoms with Crippen LogP contribution >= 0.6 is 0 Å². The van der Waals surface area contributed by atoms with Crippen molar-refractivity contribution in [3.63, 3.8) is 0 Å². The van der Waals surface area contributed by atoms with Crippen molar-refractivity contribution in [1.29, 1.82) is 0 Å². The number of benzene rings is 1. The molecule has 0 saturated heterocycles. The molecule has 1 unspecified atom stereocenters. The molecule has 1 rings (SSSR count). The SMILES string of the molecule is CCc1ccc(NCC(N)CO)cc1. The molecule has 0 aromatic heterocycles. The molecule has 78 valence electrons. The monoisotopic (exact) mass is 194 g/mol. The molecule has 3 heteroatoms. The van der Waals surface area contributed by atoms with Crippen molar-refractivity contribution >= 4 is 5.69 Å². The fourth-order valence-electron chi connectivity index (χ4n) is 1.17. The van der Waals surface area contributed by atoms with Crippen LogP contribution in [-0.4, -0.2) is 24.3 Å². The first-order valence-corrected chi connectivity index (χ1v) is 4.95. The molecule has 0 bridgehead atoms. The Morgan fingerprint density at radius 3 is 2.50 bits per heavy atom. The molecule has 0 aliphatic carbocycles. The zero-order chi connectivity index (χ0) is 10.4. The zero-order valence-corrected chi connectivity index (χ0v) is 8.53. The lowest BCUT2D eigenvalue weighted by molar-refractivity contribution is 0.270. The Kier molecular flexibility index (Phi) is 4.43. The minimum absolute atomic E-state index is 0.0139. The summed E-state index contributed by atoms with van der Waals surface area (Å²) >= 11 is 0. The second-order valence-corrected chi connectivity index (χ2v) is 3.37. The van der Waals surface area contributed by atoms with Crippen LogP contribution < -0.4 is 11.1 Å². The Morgan fingerprint density at radius 1 is 1.36 bits per heavy atom. The molecule has 3 nitrogen and oxygen atoms in total. The summed E-state index contributed by atoms with van der Waals surface area (Å²) < 4.78 is 0. The summed E-state index contributed by atoms with van der Waals surface area (Å²) in [6, 6.07) is 8.05. The van der Waals surface area contributed by atoms with Gasteiger partial charge in [-0.1, -0.05) is 19.1 Å². The van der Waals surface area contributed by atoms with E-state index in [0.717, 1.165) is 12.1 Å². The van der Waals surface area contributed by atoms with E-state index >= 15 is 0 Å². The summed E-state index contributed by atoms with van der Waals surface area (Å²) in [5, 5.41) is 11.9. The molecule has 0 spiro atoms. The van der Waals surface area contributed by atoms with Crippen molar-refractivity contribution < 1.29 is 5.11 Å². The van der Waals surface area contributed by atoms with Gasteiger partial charge in [-0.15, -0.1) is 0 Å². The molecule has 1 aromatic rings. The number of aliphatic hydroxyl groups is 1. The highest BCUT2D eigenvalue weighted by Gasteiger charge is 1.99. The van der Waals surface area contributed by atoms with Gasteiger partial charge < -0.3 is 16.2 Å². The van der Waals surface area contributed by atoms with E-state index in [1.165, 1.54) is 5.56 Å². The van der Waals surface area contributed by atoms with E-state index in [1.54, 1.807) is 0 Å². The first-order chi connectivity index (χ1) is 6.76. The molecule has 0 aliphatic rings. The third kappa shape index (κ3) is 3.36. The van der Waals surface area contributed by atoms with Gasteiger partial charge in [0.2, 0.25) is 0 Å². The van der Waals surface area contributed by atoms with Gasteiger partial charge in [-0.3, -0.25) is 0 Å². The largest absolute Gasteiger partial charge is 0.395 e. The Morgan fingerprint density at radius 2 is 2.00 bits per heavy atom. The maximum atomic E-state index is 8.73. The van der Waals surface area contributed by atoms with E-state index in [4.69, 9.17) is 10.8 Å². The molecule has 0 radical (unpaired) electrons. The summed E-state index contributed by atoms with van der Waals surface area (Å²) in [6.45, 7) is 2.74. The third-order valence-corrected chi connectivity index (χ3v) is 2.17. The molecular formula is C11H18N2O. The van der Waals surface area contributed by atoms with Crippen LogP contribution in [0.2, 0.25) is 0 Å². The number of aryl methyl sites for hydroxylation is 1. The van der Waals surface area contributed by atoms with Crippen molar-refractivity contribution in [1.82, 2.24) is 0 Å². The Hall–Kier alpha value is -1.06. The Balaban J connectivity index is 2.43. The Bertz CT molecular complexity index is 258. The van der Waals surface area contributed by atoms with Crippen LogP contribution in [0, 0.1) is 0 Å². The van der Waals surface area contributed by atoms with Crippen molar-refractivity contribution in [2.75, 3.05) is 18.5 Å². The normalized spacial score (nSPS) is 12.5. The van der Waals surface area contributed by atoms with E-state index in [0.29, 0.717) is 6.54 Å². The second-order valence-electron chi connectivity index (χ2n) is 3.37. The molecular weight excluding hydrogens is 176 g/mol. The number of aliphatic hydroxyl groups excluding tert-OH is 1. The van der Waals surface area contributed by atoms with E-state index in [1.807, 2.05) is 12.1 Å². The zero-order valence-electron chi connectivity index (χ0n) is 8.53. The van der Waals surface area contributed by atoms with E-state index in [9.17, 15) is 0 Å². The van der Waals surface area contributed by atoms with Crippen LogP contribution in [0.4, 0.5) is 5.69 Å². The van der Waals surface area contributed by atoms with Gasteiger partial charge in [-0.05, 0) is 24.1 Å². The third-order valence-electron chi connectivity index (χ3n) is 2.17. The van der Waals surface area contributed by atoms with Crippen LogP contribution in [-0.2, 0) is 6.42 Å². The fourth-order valence-corrected chi connectivity index (χ4v) is 1.17. The molecule has 1 aromatic carbocycles. The van der Waals surface area contributed by atoms with Gasteiger partial charge in [0, 0.05) is 18.3 Å². The lowest BCUT2D eigenvalue weighted by atomic mass is 10.1. The number of nitrogens with one attached hydrogen (secondary N) is 1. The minimum Gasteiger partial charge on any atom is -0.395 e. The standard InChI is InChI=1S/C11H18N2O/c1-2-9-3-5-11(6-4-9)13-7-10(12)8-14/h3-6,10,13-14H,2,7-8,12H2,1H3. The highest BCUT2D eigenvalue weighted by atomic mass is 16.3. The van der Waals surface area contributed by atoms with Crippen LogP contribution in [0.3, 0.4) is 0 Å². The molecule has 0 saturated carbocycles. The summed E-state index contributed by atoms with van der Waals surface area (Å²) in [7, 11) is 0. The van der Waals surface area contributed by atoms with E-state index in [-0.39, 0.29) is 12.6 Å². The van der Waals surface area contributed by atoms with E-state index in [2.05, 4.69) is 24.4 Å². The van der Waals surface area contributed by atoms with Crippen molar-refractivity contribution in [2.24, 2.45) is 5.73 Å². The topological polar surface area (TPSA) is 58.3 Å². The highest BCUT2D eigenvalue weighted by Crippen LogP contribution is 2.09. The predicted octanol–water partition coefficient (Wildman–Crippen LogP) is 0.980. The molecule has 1 atom stereocenters. The number of hydrogen-bond acceptors (Lipinski definition) is 3. The van der Waals surface area contributed by atoms with Crippen molar-refractivity contribution in [3.8, 4) is 0 Å². The summed E-state index contributed by atoms with van der Waals surface area (Å²) in [5.41, 5.74) is 7.93. The van der Waals surface area contributed by atoms with Gasteiger partial charge >= 0.3 is 0 Å². The molecule has 0 amide bonds. The van der Waals surface area contributed by atoms with Crippen LogP contribution in [0.5, 0.6) is 0 Å². The molecule has 0 aliphatic heterocycles. The van der Waals surface area contributed by atoms with Crippen LogP contribution in [0.1, 0.15) is 12.5 Å². The second kappa shape index (κ2) is 5.62. The number of hydrogen-bond donors (Lipinski definition) is 3. The van der Waals surface area contributed by atoms with Gasteiger partial charge in [-0.2, -0.15) is 0 Å². The maximum Gasteiger partial charge on any atom is 0.0599 e. The summed E-state index contributed by atoms with van der Waals surface area (Å²) in [4.78, 5) is 0. The van der Waals surface area contributed by atoms with Gasteiger partial charge in [-0.25, -0.2) is 0 Å². The summed E-state index contributed by atoms with van der Waals surface area (Å²) in [6.07, 6.45) is 1.05. The highest BCUT2D eigenvalue weighted by molar-refractivity contribution is 5.44.